The van der Waals surface area contributed by atoms with Crippen molar-refractivity contribution in [1.82, 2.24) is 4.90 Å². The van der Waals surface area contributed by atoms with E-state index in [1.54, 1.807) is 0 Å². The van der Waals surface area contributed by atoms with Crippen LogP contribution < -0.4 is 0 Å². The van der Waals surface area contributed by atoms with Crippen LogP contribution in [0.3, 0.4) is 0 Å². The smallest absolute Gasteiger partial charge is 0.100 e. The molecule has 4 heteroatoms. The fraction of sp³-hybridized carbons (Fsp3) is 0.312. The molecular formula is C16H18Cl2N2. The van der Waals surface area contributed by atoms with Crippen LogP contribution in [0.4, 0.5) is 0 Å². The highest BCUT2D eigenvalue weighted by molar-refractivity contribution is 6.36. The summed E-state index contributed by atoms with van der Waals surface area (Å²) in [5.74, 6) is 0.690. The molecule has 0 amide bonds. The monoisotopic (exact) mass is 308 g/mol. The van der Waals surface area contributed by atoms with Gasteiger partial charge in [-0.3, -0.25) is 5.41 Å². The fourth-order valence-corrected chi connectivity index (χ4v) is 3.00. The van der Waals surface area contributed by atoms with Gasteiger partial charge in [0.05, 0.1) is 5.02 Å². The van der Waals surface area contributed by atoms with E-state index in [0.29, 0.717) is 12.3 Å². The summed E-state index contributed by atoms with van der Waals surface area (Å²) in [6.45, 7) is 2.04. The van der Waals surface area contributed by atoms with Crippen molar-refractivity contribution in [2.24, 2.45) is 0 Å². The Labute approximate surface area is 130 Å². The number of hydrogen-bond acceptors (Lipinski definition) is 1. The molecule has 1 aliphatic heterocycles. The van der Waals surface area contributed by atoms with Gasteiger partial charge >= 0.3 is 0 Å². The van der Waals surface area contributed by atoms with Crippen LogP contribution >= 0.6 is 24.0 Å². The van der Waals surface area contributed by atoms with Crippen LogP contribution in [0.1, 0.15) is 18.4 Å². The Morgan fingerprint density at radius 3 is 2.55 bits per heavy atom. The molecule has 0 atom stereocenters. The van der Waals surface area contributed by atoms with E-state index in [9.17, 15) is 0 Å². The summed E-state index contributed by atoms with van der Waals surface area (Å²) in [4.78, 5) is 2.16. The molecule has 0 saturated carbocycles. The Bertz CT molecular complexity index is 619. The van der Waals surface area contributed by atoms with Crippen LogP contribution in [0, 0.1) is 5.41 Å². The topological polar surface area (TPSA) is 27.1 Å². The predicted molar refractivity (Wildman–Crippen MR) is 88.4 cm³/mol. The molecule has 0 aromatic heterocycles. The molecule has 1 saturated heterocycles. The lowest BCUT2D eigenvalue weighted by Gasteiger charge is -2.19. The summed E-state index contributed by atoms with van der Waals surface area (Å²) in [7, 11) is 0. The van der Waals surface area contributed by atoms with Gasteiger partial charge in [0.25, 0.3) is 0 Å². The Balaban J connectivity index is 0.00000147. The number of amidine groups is 1. The molecule has 2 nitrogen and oxygen atoms in total. The third-order valence-corrected chi connectivity index (χ3v) is 4.24. The lowest BCUT2D eigenvalue weighted by molar-refractivity contribution is 0.507. The Morgan fingerprint density at radius 2 is 1.80 bits per heavy atom. The first-order valence-electron chi connectivity index (χ1n) is 6.74. The van der Waals surface area contributed by atoms with E-state index in [1.165, 1.54) is 12.8 Å². The second-order valence-electron chi connectivity index (χ2n) is 5.08. The van der Waals surface area contributed by atoms with Gasteiger partial charge in [-0.05, 0) is 23.8 Å². The summed E-state index contributed by atoms with van der Waals surface area (Å²) in [5, 5.41) is 11.2. The first-order valence-corrected chi connectivity index (χ1v) is 7.12. The molecule has 0 spiro atoms. The molecule has 106 valence electrons. The normalized spacial score (nSPS) is 14.3. The lowest BCUT2D eigenvalue weighted by Crippen LogP contribution is -2.28. The quantitative estimate of drug-likeness (QED) is 0.640. The van der Waals surface area contributed by atoms with Gasteiger partial charge in [-0.15, -0.1) is 12.4 Å². The highest BCUT2D eigenvalue weighted by Gasteiger charge is 2.16. The van der Waals surface area contributed by atoms with Crippen molar-refractivity contribution in [3.63, 3.8) is 0 Å². The van der Waals surface area contributed by atoms with Crippen LogP contribution in [-0.2, 0) is 6.42 Å². The highest BCUT2D eigenvalue weighted by atomic mass is 35.5. The van der Waals surface area contributed by atoms with Gasteiger partial charge in [0.15, 0.2) is 0 Å². The van der Waals surface area contributed by atoms with Crippen LogP contribution in [0.25, 0.3) is 10.8 Å². The van der Waals surface area contributed by atoms with Gasteiger partial charge in [0.1, 0.15) is 5.84 Å². The third kappa shape index (κ3) is 2.92. The molecule has 1 aliphatic rings. The van der Waals surface area contributed by atoms with E-state index in [0.717, 1.165) is 34.4 Å². The second kappa shape index (κ2) is 6.47. The summed E-state index contributed by atoms with van der Waals surface area (Å²) in [6, 6.07) is 12.3. The minimum atomic E-state index is 0. The van der Waals surface area contributed by atoms with Crippen molar-refractivity contribution in [3.8, 4) is 0 Å². The van der Waals surface area contributed by atoms with Gasteiger partial charge in [-0.1, -0.05) is 48.0 Å². The Kier molecular flexibility index (Phi) is 4.90. The zero-order valence-electron chi connectivity index (χ0n) is 11.2. The second-order valence-corrected chi connectivity index (χ2v) is 5.46. The molecule has 3 rings (SSSR count). The summed E-state index contributed by atoms with van der Waals surface area (Å²) in [6.07, 6.45) is 3.03. The SMILES string of the molecule is Cl.N=C(Cc1ccc2ccccc2c1Cl)N1CCCC1. The largest absolute Gasteiger partial charge is 0.360 e. The van der Waals surface area contributed by atoms with E-state index in [2.05, 4.69) is 23.1 Å². The van der Waals surface area contributed by atoms with Gasteiger partial charge in [0, 0.05) is 24.9 Å². The molecule has 2 aromatic rings. The molecule has 2 aromatic carbocycles. The minimum absolute atomic E-state index is 0. The van der Waals surface area contributed by atoms with Crippen molar-refractivity contribution in [3.05, 3.63) is 47.0 Å². The average Bonchev–Trinajstić information content (AvgIpc) is 2.96. The zero-order valence-corrected chi connectivity index (χ0v) is 12.8. The van der Waals surface area contributed by atoms with Gasteiger partial charge < -0.3 is 4.90 Å². The number of nitrogens with one attached hydrogen (secondary N) is 1. The molecule has 1 N–H and O–H groups in total. The zero-order chi connectivity index (χ0) is 13.2. The van der Waals surface area contributed by atoms with E-state index in [1.807, 2.05) is 18.2 Å². The molecule has 0 aliphatic carbocycles. The Morgan fingerprint density at radius 1 is 1.10 bits per heavy atom. The summed E-state index contributed by atoms with van der Waals surface area (Å²) < 4.78 is 0. The summed E-state index contributed by atoms with van der Waals surface area (Å²) in [5.41, 5.74) is 1.05. The number of benzene rings is 2. The van der Waals surface area contributed by atoms with Crippen LogP contribution in [0.2, 0.25) is 5.02 Å². The van der Waals surface area contributed by atoms with E-state index >= 15 is 0 Å². The van der Waals surface area contributed by atoms with Crippen molar-refractivity contribution in [2.45, 2.75) is 19.3 Å². The van der Waals surface area contributed by atoms with Gasteiger partial charge in [0.2, 0.25) is 0 Å². The van der Waals surface area contributed by atoms with Crippen molar-refractivity contribution in [2.75, 3.05) is 13.1 Å². The molecule has 1 fully saturated rings. The van der Waals surface area contributed by atoms with Crippen molar-refractivity contribution in [1.29, 1.82) is 5.41 Å². The third-order valence-electron chi connectivity index (χ3n) is 3.79. The van der Waals surface area contributed by atoms with Crippen LogP contribution in [-0.4, -0.2) is 23.8 Å². The van der Waals surface area contributed by atoms with Crippen LogP contribution in [0.15, 0.2) is 36.4 Å². The first kappa shape index (κ1) is 15.1. The Hall–Kier alpha value is -1.25. The standard InChI is InChI=1S/C16H17ClN2.ClH/c17-16-13(11-15(18)19-9-3-4-10-19)8-7-12-5-1-2-6-14(12)16;/h1-2,5-8,18H,3-4,9-11H2;1H. The molecular weight excluding hydrogens is 291 g/mol. The summed E-state index contributed by atoms with van der Waals surface area (Å²) >= 11 is 6.48. The van der Waals surface area contributed by atoms with Crippen molar-refractivity contribution < 1.29 is 0 Å². The van der Waals surface area contributed by atoms with Crippen molar-refractivity contribution >= 4 is 40.6 Å². The van der Waals surface area contributed by atoms with Gasteiger partial charge in [-0.2, -0.15) is 0 Å². The van der Waals surface area contributed by atoms with E-state index < -0.39 is 0 Å². The maximum atomic E-state index is 8.20. The van der Waals surface area contributed by atoms with E-state index in [-0.39, 0.29) is 12.4 Å². The number of likely N-dealkylation sites (tertiary alicyclic amines) is 1. The molecule has 20 heavy (non-hydrogen) atoms. The van der Waals surface area contributed by atoms with E-state index in [4.69, 9.17) is 17.0 Å². The lowest BCUT2D eigenvalue weighted by atomic mass is 10.0. The maximum absolute atomic E-state index is 8.20. The maximum Gasteiger partial charge on any atom is 0.100 e. The average molecular weight is 309 g/mol. The number of fused-ring (bicyclic) bond motifs is 1. The number of hydrogen-bond donors (Lipinski definition) is 1. The van der Waals surface area contributed by atoms with Crippen LogP contribution in [0.5, 0.6) is 0 Å². The number of nitrogens with zero attached hydrogens (tertiary/aromatic N) is 1. The molecule has 0 bridgehead atoms. The molecule has 1 heterocycles. The minimum Gasteiger partial charge on any atom is -0.360 e. The first-order chi connectivity index (χ1) is 9.25. The molecule has 0 unspecified atom stereocenters. The van der Waals surface area contributed by atoms with Gasteiger partial charge in [-0.25, -0.2) is 0 Å². The number of rotatable bonds is 2. The predicted octanol–water partition coefficient (Wildman–Crippen LogP) is 4.53. The molecule has 0 radical (unpaired) electrons. The number of halogens is 2. The fourth-order valence-electron chi connectivity index (χ4n) is 2.69. The highest BCUT2D eigenvalue weighted by Crippen LogP contribution is 2.28.